The predicted molar refractivity (Wildman–Crippen MR) is 58.1 cm³/mol. The zero-order chi connectivity index (χ0) is 11.0. The molecule has 0 atom stereocenters. The number of hydrogen-bond donors (Lipinski definition) is 1. The van der Waals surface area contributed by atoms with Crippen LogP contribution in [-0.2, 0) is 7.05 Å². The average molecular weight is 203 g/mol. The van der Waals surface area contributed by atoms with E-state index >= 15 is 0 Å². The highest BCUT2D eigenvalue weighted by molar-refractivity contribution is 5.51. The van der Waals surface area contributed by atoms with Gasteiger partial charge < -0.3 is 10.3 Å². The van der Waals surface area contributed by atoms with Gasteiger partial charge in [0.25, 0.3) is 0 Å². The van der Waals surface area contributed by atoms with E-state index in [0.717, 1.165) is 17.1 Å². The molecule has 0 saturated carbocycles. The minimum Gasteiger partial charge on any atom is -0.383 e. The van der Waals surface area contributed by atoms with Crippen LogP contribution in [0.3, 0.4) is 0 Å². The molecule has 0 aliphatic carbocycles. The topological polar surface area (TPSA) is 69.6 Å². The Hall–Kier alpha value is -1.91. The standard InChI is InChI=1S/C10H13N5/c1-6-7(2)13-9(14-8(6)11)10-12-4-5-15(10)3/h4-5H,1-3H3,(H2,11,13,14). The average Bonchev–Trinajstić information content (AvgIpc) is 2.60. The normalized spacial score (nSPS) is 10.6. The number of imidazole rings is 1. The van der Waals surface area contributed by atoms with E-state index in [1.54, 1.807) is 6.20 Å². The summed E-state index contributed by atoms with van der Waals surface area (Å²) in [4.78, 5) is 12.8. The van der Waals surface area contributed by atoms with Crippen molar-refractivity contribution in [2.75, 3.05) is 5.73 Å². The Kier molecular flexibility index (Phi) is 2.15. The molecule has 2 aromatic rings. The van der Waals surface area contributed by atoms with Crippen LogP contribution in [0.1, 0.15) is 11.3 Å². The molecule has 0 amide bonds. The summed E-state index contributed by atoms with van der Waals surface area (Å²) < 4.78 is 1.86. The van der Waals surface area contributed by atoms with Crippen LogP contribution >= 0.6 is 0 Å². The molecule has 2 rings (SSSR count). The van der Waals surface area contributed by atoms with Gasteiger partial charge in [-0.1, -0.05) is 0 Å². The van der Waals surface area contributed by atoms with E-state index in [4.69, 9.17) is 5.73 Å². The highest BCUT2D eigenvalue weighted by atomic mass is 15.1. The summed E-state index contributed by atoms with van der Waals surface area (Å²) in [5.41, 5.74) is 7.60. The highest BCUT2D eigenvalue weighted by Gasteiger charge is 2.10. The number of aromatic nitrogens is 4. The minimum atomic E-state index is 0.514. The van der Waals surface area contributed by atoms with E-state index in [1.807, 2.05) is 31.7 Å². The van der Waals surface area contributed by atoms with Crippen molar-refractivity contribution < 1.29 is 0 Å². The van der Waals surface area contributed by atoms with Crippen molar-refractivity contribution >= 4 is 5.82 Å². The third-order valence-corrected chi connectivity index (χ3v) is 2.45. The molecule has 0 spiro atoms. The monoisotopic (exact) mass is 203 g/mol. The molecule has 5 nitrogen and oxygen atoms in total. The van der Waals surface area contributed by atoms with Gasteiger partial charge in [-0.15, -0.1) is 0 Å². The molecular formula is C10H13N5. The molecule has 5 heteroatoms. The molecule has 0 saturated heterocycles. The zero-order valence-electron chi connectivity index (χ0n) is 9.02. The number of nitrogens with zero attached hydrogens (tertiary/aromatic N) is 4. The van der Waals surface area contributed by atoms with E-state index in [1.165, 1.54) is 0 Å². The molecule has 2 N–H and O–H groups in total. The largest absolute Gasteiger partial charge is 0.383 e. The number of hydrogen-bond acceptors (Lipinski definition) is 4. The Labute approximate surface area is 88.0 Å². The lowest BCUT2D eigenvalue weighted by atomic mass is 10.2. The zero-order valence-corrected chi connectivity index (χ0v) is 9.02. The van der Waals surface area contributed by atoms with Crippen LogP contribution < -0.4 is 5.73 Å². The van der Waals surface area contributed by atoms with Gasteiger partial charge in [0.15, 0.2) is 11.6 Å². The summed E-state index contributed by atoms with van der Waals surface area (Å²) in [6.07, 6.45) is 3.56. The summed E-state index contributed by atoms with van der Waals surface area (Å²) in [6, 6.07) is 0. The predicted octanol–water partition coefficient (Wildman–Crippen LogP) is 1.08. The first kappa shape index (κ1) is 9.64. The van der Waals surface area contributed by atoms with Gasteiger partial charge in [-0.25, -0.2) is 15.0 Å². The maximum Gasteiger partial charge on any atom is 0.198 e. The van der Waals surface area contributed by atoms with Crippen LogP contribution in [0.4, 0.5) is 5.82 Å². The molecule has 0 bridgehead atoms. The van der Waals surface area contributed by atoms with Crippen molar-refractivity contribution in [2.24, 2.45) is 7.05 Å². The number of aryl methyl sites for hydroxylation is 2. The molecule has 0 aliphatic rings. The van der Waals surface area contributed by atoms with Crippen molar-refractivity contribution in [2.45, 2.75) is 13.8 Å². The Morgan fingerprint density at radius 1 is 1.27 bits per heavy atom. The van der Waals surface area contributed by atoms with E-state index in [2.05, 4.69) is 15.0 Å². The van der Waals surface area contributed by atoms with Gasteiger partial charge in [-0.05, 0) is 13.8 Å². The number of anilines is 1. The fourth-order valence-electron chi connectivity index (χ4n) is 1.33. The highest BCUT2D eigenvalue weighted by Crippen LogP contribution is 2.17. The summed E-state index contributed by atoms with van der Waals surface area (Å²) in [5, 5.41) is 0. The van der Waals surface area contributed by atoms with Gasteiger partial charge in [0.2, 0.25) is 0 Å². The second-order valence-corrected chi connectivity index (χ2v) is 3.50. The van der Waals surface area contributed by atoms with Crippen molar-refractivity contribution in [3.63, 3.8) is 0 Å². The third-order valence-electron chi connectivity index (χ3n) is 2.45. The lowest BCUT2D eigenvalue weighted by molar-refractivity contribution is 0.901. The number of nitrogen functional groups attached to an aromatic ring is 1. The smallest absolute Gasteiger partial charge is 0.198 e. The van der Waals surface area contributed by atoms with Crippen LogP contribution in [0.5, 0.6) is 0 Å². The van der Waals surface area contributed by atoms with Crippen molar-refractivity contribution in [3.05, 3.63) is 23.7 Å². The second-order valence-electron chi connectivity index (χ2n) is 3.50. The van der Waals surface area contributed by atoms with Gasteiger partial charge in [0.05, 0.1) is 0 Å². The molecule has 0 fully saturated rings. The minimum absolute atomic E-state index is 0.514. The summed E-state index contributed by atoms with van der Waals surface area (Å²) in [7, 11) is 1.90. The lowest BCUT2D eigenvalue weighted by Crippen LogP contribution is -2.04. The second kappa shape index (κ2) is 3.34. The molecule has 0 aromatic carbocycles. The summed E-state index contributed by atoms with van der Waals surface area (Å²) >= 11 is 0. The van der Waals surface area contributed by atoms with Crippen LogP contribution in [0.25, 0.3) is 11.6 Å². The Balaban J connectivity index is 2.60. The fourth-order valence-corrected chi connectivity index (χ4v) is 1.33. The van der Waals surface area contributed by atoms with Crippen LogP contribution in [0, 0.1) is 13.8 Å². The van der Waals surface area contributed by atoms with Crippen molar-refractivity contribution in [1.29, 1.82) is 0 Å². The first-order chi connectivity index (χ1) is 7.09. The summed E-state index contributed by atoms with van der Waals surface area (Å²) in [6.45, 7) is 3.83. The Morgan fingerprint density at radius 2 is 2.00 bits per heavy atom. The molecule has 2 heterocycles. The van der Waals surface area contributed by atoms with Crippen molar-refractivity contribution in [3.8, 4) is 11.6 Å². The Bertz CT molecular complexity index is 477. The van der Waals surface area contributed by atoms with E-state index in [9.17, 15) is 0 Å². The van der Waals surface area contributed by atoms with Crippen LogP contribution in [-0.4, -0.2) is 19.5 Å². The van der Waals surface area contributed by atoms with E-state index < -0.39 is 0 Å². The van der Waals surface area contributed by atoms with Crippen LogP contribution in [0.15, 0.2) is 12.4 Å². The van der Waals surface area contributed by atoms with E-state index in [-0.39, 0.29) is 0 Å². The maximum absolute atomic E-state index is 5.79. The lowest BCUT2D eigenvalue weighted by Gasteiger charge is -2.06. The van der Waals surface area contributed by atoms with Crippen molar-refractivity contribution in [1.82, 2.24) is 19.5 Å². The molecule has 0 unspecified atom stereocenters. The molecule has 15 heavy (non-hydrogen) atoms. The maximum atomic E-state index is 5.79. The quantitative estimate of drug-likeness (QED) is 0.752. The van der Waals surface area contributed by atoms with Gasteiger partial charge in [-0.3, -0.25) is 0 Å². The number of nitrogens with two attached hydrogens (primary N) is 1. The number of rotatable bonds is 1. The molecule has 78 valence electrons. The molecule has 0 aliphatic heterocycles. The fraction of sp³-hybridized carbons (Fsp3) is 0.300. The third kappa shape index (κ3) is 1.56. The summed E-state index contributed by atoms with van der Waals surface area (Å²) in [5.74, 6) is 1.81. The molecular weight excluding hydrogens is 190 g/mol. The van der Waals surface area contributed by atoms with Crippen LogP contribution in [0.2, 0.25) is 0 Å². The first-order valence-electron chi connectivity index (χ1n) is 4.68. The molecule has 0 radical (unpaired) electrons. The molecule has 2 aromatic heterocycles. The van der Waals surface area contributed by atoms with Gasteiger partial charge in [0.1, 0.15) is 5.82 Å². The van der Waals surface area contributed by atoms with E-state index in [0.29, 0.717) is 11.6 Å². The SMILES string of the molecule is Cc1nc(-c2nccn2C)nc(N)c1C. The Morgan fingerprint density at radius 3 is 2.53 bits per heavy atom. The van der Waals surface area contributed by atoms with Gasteiger partial charge in [-0.2, -0.15) is 0 Å². The van der Waals surface area contributed by atoms with Gasteiger partial charge in [0, 0.05) is 30.7 Å². The van der Waals surface area contributed by atoms with Gasteiger partial charge >= 0.3 is 0 Å². The first-order valence-corrected chi connectivity index (χ1v) is 4.68.